The number of ether oxygens (including phenoxy) is 1. The summed E-state index contributed by atoms with van der Waals surface area (Å²) >= 11 is 0. The monoisotopic (exact) mass is 434 g/mol. The molecule has 2 aliphatic carbocycles. The second kappa shape index (κ2) is 8.36. The van der Waals surface area contributed by atoms with Gasteiger partial charge in [-0.05, 0) is 35.1 Å². The van der Waals surface area contributed by atoms with Crippen LogP contribution in [-0.2, 0) is 35.3 Å². The first-order valence-electron chi connectivity index (χ1n) is 9.91. The number of rotatable bonds is 4. The molecule has 8 heteroatoms. The summed E-state index contributed by atoms with van der Waals surface area (Å²) in [5, 5.41) is 0. The molecule has 3 aliphatic rings. The maximum atomic E-state index is 11.8. The molecule has 2 saturated carbocycles. The number of ketones is 2. The van der Waals surface area contributed by atoms with Crippen LogP contribution in [0.25, 0.3) is 0 Å². The highest BCUT2D eigenvalue weighted by molar-refractivity contribution is 7.97. The summed E-state index contributed by atoms with van der Waals surface area (Å²) in [6.45, 7) is 11.5. The van der Waals surface area contributed by atoms with E-state index in [2.05, 4.69) is 0 Å². The minimum absolute atomic E-state index is 0.0248. The highest BCUT2D eigenvalue weighted by atomic mass is 32.2. The van der Waals surface area contributed by atoms with E-state index in [0.717, 1.165) is 36.9 Å². The van der Waals surface area contributed by atoms with Gasteiger partial charge in [0.2, 0.25) is 0 Å². The third-order valence-electron chi connectivity index (χ3n) is 6.77. The Balaban J connectivity index is 0.000000203. The molecule has 6 nitrogen and oxygen atoms in total. The Morgan fingerprint density at radius 3 is 2.21 bits per heavy atom. The molecule has 0 aromatic rings. The molecule has 0 aromatic carbocycles. The van der Waals surface area contributed by atoms with E-state index >= 15 is 0 Å². The van der Waals surface area contributed by atoms with Crippen molar-refractivity contribution in [1.29, 1.82) is 0 Å². The SMILES string of the molecule is CC(C)(C)C(=O)C[S+]1CCOCC1.CC1(C)C2CCC1(CS(=O)(=O)[O-])C(=O)C2. The van der Waals surface area contributed by atoms with Gasteiger partial charge in [0.05, 0.1) is 29.1 Å². The lowest BCUT2D eigenvalue weighted by molar-refractivity contribution is -0.128. The number of carbonyl (C=O) groups is 2. The van der Waals surface area contributed by atoms with Crippen LogP contribution in [0.2, 0.25) is 0 Å². The fourth-order valence-electron chi connectivity index (χ4n) is 4.51. The van der Waals surface area contributed by atoms with Crippen molar-refractivity contribution < 1.29 is 27.3 Å². The first kappa shape index (κ1) is 23.8. The average Bonchev–Trinajstić information content (AvgIpc) is 2.88. The van der Waals surface area contributed by atoms with Gasteiger partial charge in [-0.1, -0.05) is 34.6 Å². The molecule has 0 amide bonds. The predicted octanol–water partition coefficient (Wildman–Crippen LogP) is 2.18. The molecule has 1 heterocycles. The van der Waals surface area contributed by atoms with E-state index in [9.17, 15) is 22.6 Å². The summed E-state index contributed by atoms with van der Waals surface area (Å²) in [4.78, 5) is 23.5. The van der Waals surface area contributed by atoms with E-state index in [1.54, 1.807) is 0 Å². The molecule has 3 rings (SSSR count). The minimum atomic E-state index is -4.33. The van der Waals surface area contributed by atoms with Crippen molar-refractivity contribution in [2.24, 2.45) is 22.2 Å². The molecule has 0 spiro atoms. The second-order valence-electron chi connectivity index (χ2n) is 9.82. The van der Waals surface area contributed by atoms with Crippen LogP contribution in [0.5, 0.6) is 0 Å². The normalized spacial score (nSPS) is 30.1. The standard InChI is InChI=1S/C10H16O4S.C10H19O2S/c1-9(2)7-3-4-10(9,8(11)5-7)6-15(12,13)14;1-10(2,3)9(11)8-13-6-4-12-5-7-13/h7H,3-6H2,1-2H3,(H,12,13,14);4-8H2,1-3H3/q;+1/p-1. The van der Waals surface area contributed by atoms with Crippen LogP contribution >= 0.6 is 0 Å². The van der Waals surface area contributed by atoms with Gasteiger partial charge in [0.15, 0.2) is 11.5 Å². The second-order valence-corrected chi connectivity index (χ2v) is 13.6. The van der Waals surface area contributed by atoms with Crippen molar-refractivity contribution in [3.63, 3.8) is 0 Å². The zero-order chi connectivity index (χ0) is 21.4. The molecule has 0 N–H and O–H groups in total. The first-order chi connectivity index (χ1) is 12.7. The zero-order valence-electron chi connectivity index (χ0n) is 17.7. The molecule has 2 unspecified atom stereocenters. The smallest absolute Gasteiger partial charge is 0.187 e. The molecule has 0 aromatic heterocycles. The van der Waals surface area contributed by atoms with Crippen molar-refractivity contribution >= 4 is 32.6 Å². The Kier molecular flexibility index (Phi) is 7.12. The van der Waals surface area contributed by atoms with Crippen LogP contribution in [0.3, 0.4) is 0 Å². The molecule has 2 atom stereocenters. The van der Waals surface area contributed by atoms with Crippen LogP contribution in [0.1, 0.15) is 53.9 Å². The Morgan fingerprint density at radius 2 is 1.82 bits per heavy atom. The van der Waals surface area contributed by atoms with Crippen LogP contribution in [-0.4, -0.2) is 60.8 Å². The van der Waals surface area contributed by atoms with Crippen LogP contribution < -0.4 is 0 Å². The van der Waals surface area contributed by atoms with Crippen molar-refractivity contribution in [1.82, 2.24) is 0 Å². The van der Waals surface area contributed by atoms with E-state index in [0.29, 0.717) is 29.5 Å². The van der Waals surface area contributed by atoms with E-state index in [1.807, 2.05) is 34.6 Å². The van der Waals surface area contributed by atoms with Crippen molar-refractivity contribution in [3.8, 4) is 0 Å². The largest absolute Gasteiger partial charge is 0.748 e. The average molecular weight is 435 g/mol. The number of hydrogen-bond acceptors (Lipinski definition) is 6. The number of fused-ring (bicyclic) bond motifs is 2. The molecular formula is C20H34O6S2. The molecule has 0 radical (unpaired) electrons. The van der Waals surface area contributed by atoms with Gasteiger partial charge in [-0.3, -0.25) is 9.59 Å². The molecule has 2 bridgehead atoms. The van der Waals surface area contributed by atoms with Crippen molar-refractivity contribution in [2.45, 2.75) is 53.9 Å². The van der Waals surface area contributed by atoms with Gasteiger partial charge in [0, 0.05) is 17.3 Å². The van der Waals surface area contributed by atoms with Gasteiger partial charge < -0.3 is 9.29 Å². The van der Waals surface area contributed by atoms with Gasteiger partial charge in [-0.25, -0.2) is 8.42 Å². The highest BCUT2D eigenvalue weighted by Gasteiger charge is 2.64. The Morgan fingerprint density at radius 1 is 1.25 bits per heavy atom. The van der Waals surface area contributed by atoms with Gasteiger partial charge in [-0.15, -0.1) is 0 Å². The summed E-state index contributed by atoms with van der Waals surface area (Å²) in [7, 11) is -4.02. The van der Waals surface area contributed by atoms with Gasteiger partial charge in [-0.2, -0.15) is 0 Å². The fourth-order valence-corrected chi connectivity index (χ4v) is 7.80. The lowest BCUT2D eigenvalue weighted by Gasteiger charge is -2.37. The topological polar surface area (TPSA) is 101 Å². The number of carbonyl (C=O) groups excluding carboxylic acids is 2. The molecule has 28 heavy (non-hydrogen) atoms. The number of Topliss-reactive ketones (excluding diaryl/α,β-unsaturated/α-hetero) is 2. The quantitative estimate of drug-likeness (QED) is 0.496. The lowest BCUT2D eigenvalue weighted by atomic mass is 9.70. The molecular weight excluding hydrogens is 400 g/mol. The molecule has 1 saturated heterocycles. The van der Waals surface area contributed by atoms with E-state index in [1.165, 1.54) is 0 Å². The zero-order valence-corrected chi connectivity index (χ0v) is 19.3. The lowest BCUT2D eigenvalue weighted by Crippen LogP contribution is -2.42. The maximum absolute atomic E-state index is 11.8. The third kappa shape index (κ3) is 5.18. The van der Waals surface area contributed by atoms with Crippen molar-refractivity contribution in [3.05, 3.63) is 0 Å². The Labute approximate surface area is 172 Å². The molecule has 1 aliphatic heterocycles. The van der Waals surface area contributed by atoms with Gasteiger partial charge in [0.1, 0.15) is 17.3 Å². The fraction of sp³-hybridized carbons (Fsp3) is 0.900. The third-order valence-corrected chi connectivity index (χ3v) is 9.77. The summed E-state index contributed by atoms with van der Waals surface area (Å²) in [5.74, 6) is 3.06. The first-order valence-corrected chi connectivity index (χ1v) is 13.2. The van der Waals surface area contributed by atoms with E-state index < -0.39 is 21.3 Å². The Hall–Kier alpha value is -0.440. The van der Waals surface area contributed by atoms with Gasteiger partial charge in [0.25, 0.3) is 0 Å². The minimum Gasteiger partial charge on any atom is -0.748 e. The highest BCUT2D eigenvalue weighted by Crippen LogP contribution is 2.64. The summed E-state index contributed by atoms with van der Waals surface area (Å²) in [5.41, 5.74) is -1.38. The summed E-state index contributed by atoms with van der Waals surface area (Å²) in [6, 6.07) is 0. The summed E-state index contributed by atoms with van der Waals surface area (Å²) in [6.07, 6.45) is 1.88. The van der Waals surface area contributed by atoms with Crippen LogP contribution in [0.15, 0.2) is 0 Å². The van der Waals surface area contributed by atoms with Crippen LogP contribution in [0.4, 0.5) is 0 Å². The maximum Gasteiger partial charge on any atom is 0.187 e. The van der Waals surface area contributed by atoms with E-state index in [4.69, 9.17) is 4.74 Å². The van der Waals surface area contributed by atoms with E-state index in [-0.39, 0.29) is 22.5 Å². The number of hydrogen-bond donors (Lipinski definition) is 0. The molecule has 162 valence electrons. The molecule has 3 fully saturated rings. The van der Waals surface area contributed by atoms with Gasteiger partial charge >= 0.3 is 0 Å². The summed E-state index contributed by atoms with van der Waals surface area (Å²) < 4.78 is 37.9. The van der Waals surface area contributed by atoms with Crippen molar-refractivity contribution in [2.75, 3.05) is 36.2 Å². The Bertz CT molecular complexity index is 701. The predicted molar refractivity (Wildman–Crippen MR) is 110 cm³/mol. The van der Waals surface area contributed by atoms with Crippen LogP contribution in [0, 0.1) is 22.2 Å².